The molecule has 4 nitrogen and oxygen atoms in total. The molecule has 1 aromatic rings. The van der Waals surface area contributed by atoms with Crippen LogP contribution in [0, 0.1) is 6.92 Å². The predicted octanol–water partition coefficient (Wildman–Crippen LogP) is 1.83. The molecule has 1 aliphatic heterocycles. The Morgan fingerprint density at radius 1 is 1.37 bits per heavy atom. The summed E-state index contributed by atoms with van der Waals surface area (Å²) in [4.78, 5) is 14.1. The minimum atomic E-state index is 0.0489. The summed E-state index contributed by atoms with van der Waals surface area (Å²) >= 11 is 0. The number of nitrogens with one attached hydrogen (secondary N) is 1. The number of benzene rings is 1. The average Bonchev–Trinajstić information content (AvgIpc) is 2.42. The second-order valence-electron chi connectivity index (χ2n) is 4.93. The number of rotatable bonds is 4. The van der Waals surface area contributed by atoms with Crippen molar-refractivity contribution in [3.05, 3.63) is 29.3 Å². The monoisotopic (exact) mass is 262 g/mol. The van der Waals surface area contributed by atoms with Gasteiger partial charge in [-0.15, -0.1) is 0 Å². The van der Waals surface area contributed by atoms with E-state index in [0.717, 1.165) is 38.4 Å². The van der Waals surface area contributed by atoms with Gasteiger partial charge in [0.25, 0.3) is 0 Å². The SMILES string of the molecule is CCc1cc(NC(=O)CN2CCOCC2)ccc1C. The maximum Gasteiger partial charge on any atom is 0.238 e. The Bertz CT molecular complexity index is 440. The van der Waals surface area contributed by atoms with Gasteiger partial charge >= 0.3 is 0 Å². The Hall–Kier alpha value is -1.39. The smallest absolute Gasteiger partial charge is 0.238 e. The number of ether oxygens (including phenoxy) is 1. The zero-order valence-corrected chi connectivity index (χ0v) is 11.7. The van der Waals surface area contributed by atoms with Crippen LogP contribution in [-0.2, 0) is 16.0 Å². The molecule has 1 amide bonds. The van der Waals surface area contributed by atoms with Gasteiger partial charge in [-0.1, -0.05) is 13.0 Å². The van der Waals surface area contributed by atoms with Gasteiger partial charge in [-0.3, -0.25) is 9.69 Å². The van der Waals surface area contributed by atoms with Gasteiger partial charge in [0.1, 0.15) is 0 Å². The molecule has 2 rings (SSSR count). The van der Waals surface area contributed by atoms with Gasteiger partial charge in [-0.2, -0.15) is 0 Å². The standard InChI is InChI=1S/C15H22N2O2/c1-3-13-10-14(5-4-12(13)2)16-15(18)11-17-6-8-19-9-7-17/h4-5,10H,3,6-9,11H2,1-2H3,(H,16,18). The van der Waals surface area contributed by atoms with Crippen LogP contribution in [0.25, 0.3) is 0 Å². The summed E-state index contributed by atoms with van der Waals surface area (Å²) in [5.41, 5.74) is 3.44. The van der Waals surface area contributed by atoms with E-state index in [2.05, 4.69) is 36.2 Å². The van der Waals surface area contributed by atoms with Gasteiger partial charge < -0.3 is 10.1 Å². The highest BCUT2D eigenvalue weighted by atomic mass is 16.5. The van der Waals surface area contributed by atoms with Crippen LogP contribution in [0.1, 0.15) is 18.1 Å². The zero-order chi connectivity index (χ0) is 13.7. The van der Waals surface area contributed by atoms with Gasteiger partial charge in [0.05, 0.1) is 19.8 Å². The summed E-state index contributed by atoms with van der Waals surface area (Å²) in [6.45, 7) is 7.77. The van der Waals surface area contributed by atoms with Crippen molar-refractivity contribution in [2.45, 2.75) is 20.3 Å². The molecule has 1 N–H and O–H groups in total. The molecule has 0 atom stereocenters. The first-order valence-corrected chi connectivity index (χ1v) is 6.88. The summed E-state index contributed by atoms with van der Waals surface area (Å²) in [6, 6.07) is 6.08. The van der Waals surface area contributed by atoms with Crippen molar-refractivity contribution in [2.24, 2.45) is 0 Å². The second kappa shape index (κ2) is 6.68. The lowest BCUT2D eigenvalue weighted by Crippen LogP contribution is -2.41. The zero-order valence-electron chi connectivity index (χ0n) is 11.7. The minimum Gasteiger partial charge on any atom is -0.379 e. The van der Waals surface area contributed by atoms with E-state index in [1.807, 2.05) is 6.07 Å². The van der Waals surface area contributed by atoms with Crippen molar-refractivity contribution in [1.29, 1.82) is 0 Å². The molecule has 0 aromatic heterocycles. The number of morpholine rings is 1. The Morgan fingerprint density at radius 2 is 2.11 bits per heavy atom. The maximum atomic E-state index is 12.0. The molecule has 4 heteroatoms. The first-order chi connectivity index (χ1) is 9.19. The molecular weight excluding hydrogens is 240 g/mol. The van der Waals surface area contributed by atoms with E-state index in [1.54, 1.807) is 0 Å². The molecule has 0 bridgehead atoms. The van der Waals surface area contributed by atoms with Crippen LogP contribution in [0.5, 0.6) is 0 Å². The Morgan fingerprint density at radius 3 is 2.79 bits per heavy atom. The lowest BCUT2D eigenvalue weighted by Gasteiger charge is -2.25. The number of nitrogens with zero attached hydrogens (tertiary/aromatic N) is 1. The van der Waals surface area contributed by atoms with Crippen LogP contribution in [-0.4, -0.2) is 43.7 Å². The lowest BCUT2D eigenvalue weighted by molar-refractivity contribution is -0.118. The highest BCUT2D eigenvalue weighted by Crippen LogP contribution is 2.15. The van der Waals surface area contributed by atoms with Crippen LogP contribution in [0.15, 0.2) is 18.2 Å². The van der Waals surface area contributed by atoms with Crippen LogP contribution < -0.4 is 5.32 Å². The number of hydrogen-bond acceptors (Lipinski definition) is 3. The summed E-state index contributed by atoms with van der Waals surface area (Å²) in [5.74, 6) is 0.0489. The number of carbonyl (C=O) groups excluding carboxylic acids is 1. The van der Waals surface area contributed by atoms with Crippen molar-refractivity contribution >= 4 is 11.6 Å². The fourth-order valence-corrected chi connectivity index (χ4v) is 2.29. The molecule has 0 unspecified atom stereocenters. The van der Waals surface area contributed by atoms with Crippen molar-refractivity contribution < 1.29 is 9.53 Å². The van der Waals surface area contributed by atoms with Crippen LogP contribution in [0.2, 0.25) is 0 Å². The fraction of sp³-hybridized carbons (Fsp3) is 0.533. The lowest BCUT2D eigenvalue weighted by atomic mass is 10.1. The van der Waals surface area contributed by atoms with Crippen molar-refractivity contribution in [3.63, 3.8) is 0 Å². The third-order valence-corrected chi connectivity index (χ3v) is 3.48. The van der Waals surface area contributed by atoms with Gasteiger partial charge in [0.15, 0.2) is 0 Å². The van der Waals surface area contributed by atoms with Gasteiger partial charge in [-0.05, 0) is 36.6 Å². The molecule has 0 radical (unpaired) electrons. The van der Waals surface area contributed by atoms with E-state index < -0.39 is 0 Å². The second-order valence-corrected chi connectivity index (χ2v) is 4.93. The van der Waals surface area contributed by atoms with Crippen molar-refractivity contribution in [1.82, 2.24) is 4.90 Å². The van der Waals surface area contributed by atoms with Crippen LogP contribution in [0.3, 0.4) is 0 Å². The van der Waals surface area contributed by atoms with E-state index >= 15 is 0 Å². The summed E-state index contributed by atoms with van der Waals surface area (Å²) in [7, 11) is 0. The molecule has 1 heterocycles. The minimum absolute atomic E-state index is 0.0489. The molecule has 1 aromatic carbocycles. The van der Waals surface area contributed by atoms with E-state index in [1.165, 1.54) is 11.1 Å². The molecule has 0 aliphatic carbocycles. The molecule has 104 valence electrons. The Kier molecular flexibility index (Phi) is 4.93. The van der Waals surface area contributed by atoms with Crippen molar-refractivity contribution in [3.8, 4) is 0 Å². The van der Waals surface area contributed by atoms with E-state index in [4.69, 9.17) is 4.74 Å². The number of anilines is 1. The third kappa shape index (κ3) is 4.04. The normalized spacial score (nSPS) is 16.3. The van der Waals surface area contributed by atoms with E-state index in [0.29, 0.717) is 6.54 Å². The van der Waals surface area contributed by atoms with E-state index in [9.17, 15) is 4.79 Å². The van der Waals surface area contributed by atoms with Crippen LogP contribution >= 0.6 is 0 Å². The maximum absolute atomic E-state index is 12.0. The van der Waals surface area contributed by atoms with Gasteiger partial charge in [0.2, 0.25) is 5.91 Å². The molecule has 1 fully saturated rings. The molecule has 0 spiro atoms. The first-order valence-electron chi connectivity index (χ1n) is 6.88. The van der Waals surface area contributed by atoms with Crippen LogP contribution in [0.4, 0.5) is 5.69 Å². The van der Waals surface area contributed by atoms with Crippen molar-refractivity contribution in [2.75, 3.05) is 38.2 Å². The topological polar surface area (TPSA) is 41.6 Å². The van der Waals surface area contributed by atoms with Gasteiger partial charge in [0, 0.05) is 18.8 Å². The number of carbonyl (C=O) groups is 1. The molecule has 1 aliphatic rings. The Balaban J connectivity index is 1.90. The summed E-state index contributed by atoms with van der Waals surface area (Å²) in [6.07, 6.45) is 0.985. The average molecular weight is 262 g/mol. The summed E-state index contributed by atoms with van der Waals surface area (Å²) in [5, 5.41) is 2.97. The summed E-state index contributed by atoms with van der Waals surface area (Å²) < 4.78 is 5.27. The quantitative estimate of drug-likeness (QED) is 0.900. The largest absolute Gasteiger partial charge is 0.379 e. The highest BCUT2D eigenvalue weighted by molar-refractivity contribution is 5.92. The number of hydrogen-bond donors (Lipinski definition) is 1. The van der Waals surface area contributed by atoms with E-state index in [-0.39, 0.29) is 5.91 Å². The number of amides is 1. The molecule has 19 heavy (non-hydrogen) atoms. The third-order valence-electron chi connectivity index (χ3n) is 3.48. The fourth-order valence-electron chi connectivity index (χ4n) is 2.29. The number of aryl methyl sites for hydroxylation is 2. The van der Waals surface area contributed by atoms with Gasteiger partial charge in [-0.25, -0.2) is 0 Å². The molecule has 1 saturated heterocycles. The Labute approximate surface area is 114 Å². The first kappa shape index (κ1) is 14.0. The predicted molar refractivity (Wildman–Crippen MR) is 76.4 cm³/mol. The molecule has 0 saturated carbocycles. The highest BCUT2D eigenvalue weighted by Gasteiger charge is 2.14. The molecular formula is C15H22N2O2.